The molecule has 1 saturated heterocycles. The van der Waals surface area contributed by atoms with Crippen LogP contribution in [0, 0.1) is 22.7 Å². The molecule has 0 spiro atoms. The van der Waals surface area contributed by atoms with E-state index in [1.807, 2.05) is 6.08 Å². The largest absolute Gasteiger partial charge is 0.459 e. The van der Waals surface area contributed by atoms with Crippen molar-refractivity contribution in [3.05, 3.63) is 35.5 Å². The smallest absolute Gasteiger partial charge is 0.306 e. The second kappa shape index (κ2) is 5.68. The highest BCUT2D eigenvalue weighted by Gasteiger charge is 2.58. The number of fused-ring (bicyclic) bond motifs is 3. The molecule has 3 nitrogen and oxygen atoms in total. The van der Waals surface area contributed by atoms with E-state index in [0.717, 1.165) is 25.7 Å². The first-order chi connectivity index (χ1) is 12.2. The van der Waals surface area contributed by atoms with Gasteiger partial charge in [-0.15, -0.1) is 0 Å². The van der Waals surface area contributed by atoms with Crippen molar-refractivity contribution in [2.24, 2.45) is 22.7 Å². The topological polar surface area (TPSA) is 43.4 Å². The van der Waals surface area contributed by atoms with Crippen molar-refractivity contribution in [1.82, 2.24) is 0 Å². The first-order valence-electron chi connectivity index (χ1n) is 10.1. The van der Waals surface area contributed by atoms with Gasteiger partial charge in [0.05, 0.1) is 0 Å². The van der Waals surface area contributed by atoms with Crippen LogP contribution in [0.4, 0.5) is 0 Å². The Morgan fingerprint density at radius 2 is 1.92 bits per heavy atom. The van der Waals surface area contributed by atoms with Crippen LogP contribution in [0.5, 0.6) is 0 Å². The Hall–Kier alpha value is -1.64. The number of hydrogen-bond acceptors (Lipinski definition) is 3. The molecule has 4 rings (SSSR count). The van der Waals surface area contributed by atoms with Gasteiger partial charge in [0.1, 0.15) is 5.60 Å². The van der Waals surface area contributed by atoms with Crippen molar-refractivity contribution in [3.63, 3.8) is 0 Å². The maximum absolute atomic E-state index is 11.9. The molecule has 3 heteroatoms. The average Bonchev–Trinajstić information content (AvgIpc) is 2.96. The lowest BCUT2D eigenvalue weighted by atomic mass is 9.49. The predicted octanol–water partition coefficient (Wildman–Crippen LogP) is 4.93. The first-order valence-corrected chi connectivity index (χ1v) is 10.1. The lowest BCUT2D eigenvalue weighted by Gasteiger charge is -2.56. The molecule has 5 atom stereocenters. The van der Waals surface area contributed by atoms with Gasteiger partial charge in [-0.1, -0.05) is 51.0 Å². The minimum atomic E-state index is -0.389. The molecule has 1 fully saturated rings. The molecule has 0 amide bonds. The Morgan fingerprint density at radius 3 is 2.58 bits per heavy atom. The maximum Gasteiger partial charge on any atom is 0.306 e. The number of cyclic esters (lactones) is 1. The van der Waals surface area contributed by atoms with Gasteiger partial charge in [-0.25, -0.2) is 0 Å². The number of rotatable bonds is 2. The lowest BCUT2D eigenvalue weighted by Crippen LogP contribution is -2.53. The molecule has 26 heavy (non-hydrogen) atoms. The number of hydrogen-bond donors (Lipinski definition) is 0. The number of carbonyl (C=O) groups is 2. The van der Waals surface area contributed by atoms with Gasteiger partial charge in [-0.05, 0) is 43.8 Å². The summed E-state index contributed by atoms with van der Waals surface area (Å²) in [6.45, 7) is 9.02. The van der Waals surface area contributed by atoms with E-state index in [9.17, 15) is 9.59 Å². The van der Waals surface area contributed by atoms with Crippen LogP contribution in [0.1, 0.15) is 66.2 Å². The minimum Gasteiger partial charge on any atom is -0.459 e. The molecule has 0 N–H and O–H groups in total. The van der Waals surface area contributed by atoms with Crippen LogP contribution >= 0.6 is 0 Å². The standard InChI is InChI=1S/C23H30O3/c1-5-18-17-7-6-15-14-16(24)8-11-21(15,2)19(17)9-12-22(18,3)23(4)13-10-20(25)26-23/h6-7,9,14,17-18H,5,8,10-13H2,1-4H3/t17?,18?,21-,22-,23+/m0/s1. The second-order valence-electron chi connectivity index (χ2n) is 9.28. The van der Waals surface area contributed by atoms with E-state index in [1.54, 1.807) is 0 Å². The zero-order valence-corrected chi connectivity index (χ0v) is 16.4. The van der Waals surface area contributed by atoms with E-state index in [0.29, 0.717) is 24.7 Å². The Kier molecular flexibility index (Phi) is 3.88. The van der Waals surface area contributed by atoms with Gasteiger partial charge < -0.3 is 4.74 Å². The number of ether oxygens (including phenoxy) is 1. The summed E-state index contributed by atoms with van der Waals surface area (Å²) in [7, 11) is 0. The molecule has 0 aromatic carbocycles. The lowest BCUT2D eigenvalue weighted by molar-refractivity contribution is -0.165. The van der Waals surface area contributed by atoms with E-state index < -0.39 is 0 Å². The van der Waals surface area contributed by atoms with Crippen LogP contribution < -0.4 is 0 Å². The molecule has 0 radical (unpaired) electrons. The molecule has 0 aromatic rings. The van der Waals surface area contributed by atoms with E-state index in [1.165, 1.54) is 11.1 Å². The Morgan fingerprint density at radius 1 is 1.15 bits per heavy atom. The van der Waals surface area contributed by atoms with Crippen molar-refractivity contribution in [1.29, 1.82) is 0 Å². The molecule has 0 saturated carbocycles. The summed E-state index contributed by atoms with van der Waals surface area (Å²) in [6.07, 6.45) is 13.7. The van der Waals surface area contributed by atoms with E-state index in [4.69, 9.17) is 4.74 Å². The number of allylic oxidation sites excluding steroid dienone is 6. The second-order valence-corrected chi connectivity index (χ2v) is 9.28. The van der Waals surface area contributed by atoms with Crippen LogP contribution in [0.25, 0.3) is 0 Å². The first kappa shape index (κ1) is 17.8. The van der Waals surface area contributed by atoms with E-state index in [-0.39, 0.29) is 28.2 Å². The average molecular weight is 354 g/mol. The monoisotopic (exact) mass is 354 g/mol. The SMILES string of the molecule is CCC1C2C=CC3=CC(=O)CC[C@]3(C)C2=CC[C@]1(C)[C@@]1(C)CCC(=O)O1. The fourth-order valence-corrected chi connectivity index (χ4v) is 6.13. The van der Waals surface area contributed by atoms with Crippen molar-refractivity contribution in [3.8, 4) is 0 Å². The highest BCUT2D eigenvalue weighted by Crippen LogP contribution is 2.61. The summed E-state index contributed by atoms with van der Waals surface area (Å²) in [6, 6.07) is 0. The van der Waals surface area contributed by atoms with Crippen LogP contribution in [0.2, 0.25) is 0 Å². The van der Waals surface area contributed by atoms with Gasteiger partial charge in [-0.2, -0.15) is 0 Å². The molecule has 2 unspecified atom stereocenters. The van der Waals surface area contributed by atoms with Crippen molar-refractivity contribution in [2.45, 2.75) is 71.8 Å². The molecule has 0 bridgehead atoms. The van der Waals surface area contributed by atoms with Crippen molar-refractivity contribution < 1.29 is 14.3 Å². The molecule has 0 aromatic heterocycles. The third kappa shape index (κ3) is 2.25. The van der Waals surface area contributed by atoms with Gasteiger partial charge in [0.2, 0.25) is 0 Å². The summed E-state index contributed by atoms with van der Waals surface area (Å²) < 4.78 is 5.90. The Bertz CT molecular complexity index is 757. The number of carbonyl (C=O) groups excluding carboxylic acids is 2. The van der Waals surface area contributed by atoms with Gasteiger partial charge in [0.15, 0.2) is 5.78 Å². The van der Waals surface area contributed by atoms with Gasteiger partial charge in [0, 0.05) is 29.6 Å². The quantitative estimate of drug-likeness (QED) is 0.522. The van der Waals surface area contributed by atoms with Gasteiger partial charge in [0.25, 0.3) is 0 Å². The van der Waals surface area contributed by atoms with Crippen LogP contribution in [0.3, 0.4) is 0 Å². The fourth-order valence-electron chi connectivity index (χ4n) is 6.13. The molecular formula is C23H30O3. The highest BCUT2D eigenvalue weighted by atomic mass is 16.6. The summed E-state index contributed by atoms with van der Waals surface area (Å²) in [5.74, 6) is 0.996. The number of ketones is 1. The molecule has 1 heterocycles. The summed E-state index contributed by atoms with van der Waals surface area (Å²) in [5, 5.41) is 0. The molecule has 1 aliphatic heterocycles. The zero-order valence-electron chi connectivity index (χ0n) is 16.4. The molecule has 140 valence electrons. The minimum absolute atomic E-state index is 0.0185. The highest BCUT2D eigenvalue weighted by molar-refractivity contribution is 5.92. The van der Waals surface area contributed by atoms with Crippen molar-refractivity contribution in [2.75, 3.05) is 0 Å². The maximum atomic E-state index is 11.9. The predicted molar refractivity (Wildman–Crippen MR) is 101 cm³/mol. The molecule has 3 aliphatic carbocycles. The van der Waals surface area contributed by atoms with E-state index in [2.05, 4.69) is 45.9 Å². The van der Waals surface area contributed by atoms with Crippen LogP contribution in [0.15, 0.2) is 35.5 Å². The summed E-state index contributed by atoms with van der Waals surface area (Å²) in [4.78, 5) is 23.8. The summed E-state index contributed by atoms with van der Waals surface area (Å²) >= 11 is 0. The van der Waals surface area contributed by atoms with Gasteiger partial charge >= 0.3 is 5.97 Å². The fraction of sp³-hybridized carbons (Fsp3) is 0.652. The van der Waals surface area contributed by atoms with Crippen molar-refractivity contribution >= 4 is 11.8 Å². The number of esters is 1. The van der Waals surface area contributed by atoms with Gasteiger partial charge in [-0.3, -0.25) is 9.59 Å². The van der Waals surface area contributed by atoms with E-state index >= 15 is 0 Å². The third-order valence-electron chi connectivity index (χ3n) is 8.10. The normalized spacial score (nSPS) is 44.8. The Balaban J connectivity index is 1.78. The zero-order chi connectivity index (χ0) is 18.7. The summed E-state index contributed by atoms with van der Waals surface area (Å²) in [5.41, 5.74) is 2.19. The Labute approximate surface area is 156 Å². The molecular weight excluding hydrogens is 324 g/mol. The third-order valence-corrected chi connectivity index (χ3v) is 8.10. The van der Waals surface area contributed by atoms with Crippen LogP contribution in [-0.4, -0.2) is 17.4 Å². The molecule has 4 aliphatic rings. The van der Waals surface area contributed by atoms with Crippen LogP contribution in [-0.2, 0) is 14.3 Å².